The average Bonchev–Trinajstić information content (AvgIpc) is 3.71. The molecule has 0 aliphatic rings. The van der Waals surface area contributed by atoms with E-state index in [0.717, 1.165) is 17.1 Å². The van der Waals surface area contributed by atoms with Gasteiger partial charge in [-0.3, -0.25) is 4.57 Å². The molecule has 0 bridgehead atoms. The van der Waals surface area contributed by atoms with Gasteiger partial charge in [0, 0.05) is 12.0 Å². The Labute approximate surface area is 223 Å². The molecule has 3 heterocycles. The Kier molecular flexibility index (Phi) is 7.64. The van der Waals surface area contributed by atoms with E-state index < -0.39 is 7.60 Å². The minimum absolute atomic E-state index is 0.120. The number of benzene rings is 2. The number of para-hydroxylation sites is 1. The molecule has 0 unspecified atom stereocenters. The number of aromatic nitrogens is 3. The zero-order valence-electron chi connectivity index (χ0n) is 20.7. The lowest BCUT2D eigenvalue weighted by atomic mass is 10.2. The third-order valence-corrected chi connectivity index (χ3v) is 5.98. The molecule has 0 saturated heterocycles. The number of hydrogen-bond donors (Lipinski definition) is 2. The molecule has 5 rings (SSSR count). The fourth-order valence-electron chi connectivity index (χ4n) is 3.60. The van der Waals surface area contributed by atoms with Crippen molar-refractivity contribution < 1.29 is 37.4 Å². The van der Waals surface area contributed by atoms with Crippen LogP contribution in [0.15, 0.2) is 94.0 Å². The van der Waals surface area contributed by atoms with E-state index in [4.69, 9.17) is 23.0 Å². The highest BCUT2D eigenvalue weighted by Crippen LogP contribution is 2.38. The molecule has 3 aromatic heterocycles. The van der Waals surface area contributed by atoms with Crippen molar-refractivity contribution in [3.05, 3.63) is 102 Å². The Hall–Kier alpha value is -4.57. The van der Waals surface area contributed by atoms with Gasteiger partial charge in [0.2, 0.25) is 5.88 Å². The first-order valence-electron chi connectivity index (χ1n) is 11.7. The molecule has 2 aromatic carbocycles. The zero-order chi connectivity index (χ0) is 27.2. The summed E-state index contributed by atoms with van der Waals surface area (Å²) in [6, 6.07) is 18.1. The lowest BCUT2D eigenvalue weighted by Gasteiger charge is -2.12. The molecule has 0 aliphatic heterocycles. The molecule has 0 saturated carbocycles. The van der Waals surface area contributed by atoms with Gasteiger partial charge in [-0.15, -0.1) is 5.10 Å². The van der Waals surface area contributed by atoms with Crippen molar-refractivity contribution in [3.8, 4) is 34.7 Å². The maximum absolute atomic E-state index is 11.4. The highest BCUT2D eigenvalue weighted by atomic mass is 31.2. The van der Waals surface area contributed by atoms with E-state index >= 15 is 0 Å². The molecule has 11 nitrogen and oxygen atoms in total. The molecule has 0 spiro atoms. The summed E-state index contributed by atoms with van der Waals surface area (Å²) in [5, 5.41) is 4.45. The smallest absolute Gasteiger partial charge is 0.349 e. The minimum atomic E-state index is -4.37. The van der Waals surface area contributed by atoms with E-state index in [1.54, 1.807) is 41.4 Å². The van der Waals surface area contributed by atoms with E-state index in [1.165, 1.54) is 19.4 Å². The topological polar surface area (TPSA) is 142 Å². The van der Waals surface area contributed by atoms with Gasteiger partial charge in [0.15, 0.2) is 17.3 Å². The summed E-state index contributed by atoms with van der Waals surface area (Å²) in [5.41, 5.74) is 2.53. The molecule has 200 valence electrons. The SMILES string of the molecule is COc1cc(COc2nn(-c3ccccc3)cc2C=CP(=O)(O)O)ccc1OCc1coc(-c2ccco2)n1. The van der Waals surface area contributed by atoms with Gasteiger partial charge in [-0.2, -0.15) is 0 Å². The van der Waals surface area contributed by atoms with Crippen LogP contribution in [0.1, 0.15) is 16.8 Å². The first-order valence-corrected chi connectivity index (χ1v) is 13.4. The number of nitrogens with zero attached hydrogens (tertiary/aromatic N) is 3. The van der Waals surface area contributed by atoms with E-state index in [2.05, 4.69) is 10.1 Å². The summed E-state index contributed by atoms with van der Waals surface area (Å²) < 4.78 is 41.0. The summed E-state index contributed by atoms with van der Waals surface area (Å²) in [5.74, 6) is 2.90. The Morgan fingerprint density at radius 3 is 2.59 bits per heavy atom. The molecular formula is C27H24N3O8P. The van der Waals surface area contributed by atoms with Crippen molar-refractivity contribution in [2.75, 3.05) is 7.11 Å². The molecular weight excluding hydrogens is 525 g/mol. The number of rotatable bonds is 11. The van der Waals surface area contributed by atoms with Crippen molar-refractivity contribution >= 4 is 13.7 Å². The van der Waals surface area contributed by atoms with Crippen LogP contribution in [0.4, 0.5) is 0 Å². The summed E-state index contributed by atoms with van der Waals surface area (Å²) in [4.78, 5) is 22.9. The summed E-state index contributed by atoms with van der Waals surface area (Å²) >= 11 is 0. The summed E-state index contributed by atoms with van der Waals surface area (Å²) in [6.45, 7) is 0.275. The summed E-state index contributed by atoms with van der Waals surface area (Å²) in [6.07, 6.45) is 5.97. The minimum Gasteiger partial charge on any atom is -0.493 e. The van der Waals surface area contributed by atoms with Crippen LogP contribution in [0, 0.1) is 0 Å². The molecule has 5 aromatic rings. The van der Waals surface area contributed by atoms with Crippen LogP contribution < -0.4 is 14.2 Å². The molecule has 2 N–H and O–H groups in total. The highest BCUT2D eigenvalue weighted by Gasteiger charge is 2.15. The van der Waals surface area contributed by atoms with Gasteiger partial charge in [-0.05, 0) is 48.0 Å². The van der Waals surface area contributed by atoms with Crippen LogP contribution in [0.5, 0.6) is 17.4 Å². The maximum Gasteiger partial charge on any atom is 0.349 e. The number of methoxy groups -OCH3 is 1. The van der Waals surface area contributed by atoms with E-state index in [-0.39, 0.29) is 19.1 Å². The molecule has 0 atom stereocenters. The second kappa shape index (κ2) is 11.4. The van der Waals surface area contributed by atoms with Gasteiger partial charge in [0.25, 0.3) is 5.89 Å². The third kappa shape index (κ3) is 6.66. The number of oxazole rings is 1. The Morgan fingerprint density at radius 2 is 1.85 bits per heavy atom. The van der Waals surface area contributed by atoms with Crippen LogP contribution in [0.3, 0.4) is 0 Å². The van der Waals surface area contributed by atoms with Gasteiger partial charge in [0.1, 0.15) is 25.2 Å². The standard InChI is InChI=1S/C27H24N3O8P/c1-34-25-14-19(9-10-23(25)36-17-21-18-38-27(28-21)24-8-5-12-35-24)16-37-26-20(11-13-39(31,32)33)15-30(29-26)22-6-3-2-4-7-22/h2-15,18H,16-17H2,1H3,(H2,31,32,33). The average molecular weight is 549 g/mol. The number of hydrogen-bond acceptors (Lipinski definition) is 8. The van der Waals surface area contributed by atoms with Gasteiger partial charge in [-0.25, -0.2) is 9.67 Å². The third-order valence-electron chi connectivity index (χ3n) is 5.44. The lowest BCUT2D eigenvalue weighted by molar-refractivity contribution is 0.276. The Morgan fingerprint density at radius 1 is 1.00 bits per heavy atom. The van der Waals surface area contributed by atoms with Gasteiger partial charge in [-0.1, -0.05) is 24.3 Å². The largest absolute Gasteiger partial charge is 0.493 e. The maximum atomic E-state index is 11.4. The lowest BCUT2D eigenvalue weighted by Crippen LogP contribution is -2.01. The van der Waals surface area contributed by atoms with E-state index in [9.17, 15) is 14.4 Å². The number of ether oxygens (including phenoxy) is 3. The predicted octanol–water partition coefficient (Wildman–Crippen LogP) is 5.44. The van der Waals surface area contributed by atoms with Crippen LogP contribution in [0.2, 0.25) is 0 Å². The summed E-state index contributed by atoms with van der Waals surface area (Å²) in [7, 11) is -2.83. The van der Waals surface area contributed by atoms with Gasteiger partial charge in [0.05, 0.1) is 24.6 Å². The molecule has 39 heavy (non-hydrogen) atoms. The fourth-order valence-corrected chi connectivity index (χ4v) is 3.95. The number of furan rings is 1. The van der Waals surface area contributed by atoms with E-state index in [1.807, 2.05) is 36.4 Å². The van der Waals surface area contributed by atoms with Crippen molar-refractivity contribution in [3.63, 3.8) is 0 Å². The zero-order valence-corrected chi connectivity index (χ0v) is 21.6. The second-order valence-corrected chi connectivity index (χ2v) is 9.73. The van der Waals surface area contributed by atoms with E-state index in [0.29, 0.717) is 34.4 Å². The van der Waals surface area contributed by atoms with Gasteiger partial charge < -0.3 is 32.8 Å². The van der Waals surface area contributed by atoms with Gasteiger partial charge >= 0.3 is 7.60 Å². The normalized spacial score (nSPS) is 11.7. The van der Waals surface area contributed by atoms with Crippen LogP contribution in [0.25, 0.3) is 23.4 Å². The van der Waals surface area contributed by atoms with Crippen LogP contribution in [-0.4, -0.2) is 31.7 Å². The Balaban J connectivity index is 1.28. The van der Waals surface area contributed by atoms with Crippen molar-refractivity contribution in [1.29, 1.82) is 0 Å². The highest BCUT2D eigenvalue weighted by molar-refractivity contribution is 7.55. The monoisotopic (exact) mass is 549 g/mol. The second-order valence-electron chi connectivity index (χ2n) is 8.26. The van der Waals surface area contributed by atoms with Crippen molar-refractivity contribution in [2.45, 2.75) is 13.2 Å². The first kappa shape index (κ1) is 26.1. The van der Waals surface area contributed by atoms with Crippen LogP contribution >= 0.6 is 7.60 Å². The molecule has 0 amide bonds. The first-order chi connectivity index (χ1) is 18.9. The molecule has 12 heteroatoms. The molecule has 0 radical (unpaired) electrons. The quantitative estimate of drug-likeness (QED) is 0.205. The Bertz CT molecular complexity index is 1600. The fraction of sp³-hybridized carbons (Fsp3) is 0.111. The van der Waals surface area contributed by atoms with Crippen molar-refractivity contribution in [1.82, 2.24) is 14.8 Å². The van der Waals surface area contributed by atoms with Crippen LogP contribution in [-0.2, 0) is 17.8 Å². The molecule has 0 fully saturated rings. The molecule has 0 aliphatic carbocycles. The predicted molar refractivity (Wildman–Crippen MR) is 141 cm³/mol. The van der Waals surface area contributed by atoms with Crippen molar-refractivity contribution in [2.24, 2.45) is 0 Å².